The molecule has 1 aromatic carbocycles. The zero-order valence-corrected chi connectivity index (χ0v) is 20.3. The molecular formula is C23H24Cl2F3N5O. The van der Waals surface area contributed by atoms with Gasteiger partial charge in [-0.2, -0.15) is 23.4 Å². The fourth-order valence-electron chi connectivity index (χ4n) is 4.36. The first-order valence-corrected chi connectivity index (χ1v) is 11.7. The number of hydrogen-bond acceptors (Lipinski definition) is 3. The number of carbonyl (C=O) groups is 1. The zero-order valence-electron chi connectivity index (χ0n) is 18.8. The Morgan fingerprint density at radius 2 is 1.82 bits per heavy atom. The van der Waals surface area contributed by atoms with E-state index < -0.39 is 17.8 Å². The van der Waals surface area contributed by atoms with Crippen LogP contribution in [-0.4, -0.2) is 25.5 Å². The van der Waals surface area contributed by atoms with Gasteiger partial charge in [-0.25, -0.2) is 0 Å². The number of hydrogen-bond donors (Lipinski definition) is 1. The Labute approximate surface area is 205 Å². The van der Waals surface area contributed by atoms with E-state index in [1.807, 2.05) is 0 Å². The predicted octanol–water partition coefficient (Wildman–Crippen LogP) is 5.98. The second-order valence-corrected chi connectivity index (χ2v) is 9.32. The number of nitrogens with one attached hydrogen (secondary N) is 1. The van der Waals surface area contributed by atoms with Crippen LogP contribution in [0.5, 0.6) is 0 Å². The zero-order chi connectivity index (χ0) is 24.6. The van der Waals surface area contributed by atoms with Crippen molar-refractivity contribution in [2.24, 2.45) is 0 Å². The van der Waals surface area contributed by atoms with Gasteiger partial charge >= 0.3 is 6.18 Å². The first-order chi connectivity index (χ1) is 16.0. The summed E-state index contributed by atoms with van der Waals surface area (Å²) >= 11 is 12.2. The molecule has 3 aromatic rings. The molecule has 0 bridgehead atoms. The quantitative estimate of drug-likeness (QED) is 0.427. The Morgan fingerprint density at radius 1 is 1.09 bits per heavy atom. The van der Waals surface area contributed by atoms with Crippen LogP contribution in [-0.2, 0) is 36.9 Å². The van der Waals surface area contributed by atoms with Crippen molar-refractivity contribution >= 4 is 34.8 Å². The SMILES string of the molecule is Cc1nn(Cc2ccc(Cl)cc2Cl)c(C)c1NC(=O)Cn1nc(C(F)(F)F)c2c1CCCCC2. The van der Waals surface area contributed by atoms with Gasteiger partial charge in [0.15, 0.2) is 5.69 Å². The summed E-state index contributed by atoms with van der Waals surface area (Å²) in [5.74, 6) is -0.460. The van der Waals surface area contributed by atoms with Crippen LogP contribution in [0.4, 0.5) is 18.9 Å². The average molecular weight is 514 g/mol. The normalized spacial score (nSPS) is 14.1. The number of fused-ring (bicyclic) bond motifs is 1. The smallest absolute Gasteiger partial charge is 0.321 e. The highest BCUT2D eigenvalue weighted by Crippen LogP contribution is 2.35. The Balaban J connectivity index is 1.55. The van der Waals surface area contributed by atoms with E-state index in [9.17, 15) is 18.0 Å². The van der Waals surface area contributed by atoms with E-state index in [0.717, 1.165) is 18.4 Å². The lowest BCUT2D eigenvalue weighted by Crippen LogP contribution is -2.22. The molecule has 6 nitrogen and oxygen atoms in total. The van der Waals surface area contributed by atoms with Gasteiger partial charge in [0.2, 0.25) is 5.91 Å². The van der Waals surface area contributed by atoms with Crippen LogP contribution >= 0.6 is 23.2 Å². The third-order valence-electron chi connectivity index (χ3n) is 6.05. The van der Waals surface area contributed by atoms with Crippen LogP contribution in [0.2, 0.25) is 10.0 Å². The minimum atomic E-state index is -4.55. The molecule has 0 spiro atoms. The van der Waals surface area contributed by atoms with Gasteiger partial charge in [0.1, 0.15) is 6.54 Å². The summed E-state index contributed by atoms with van der Waals surface area (Å²) in [6, 6.07) is 5.19. The van der Waals surface area contributed by atoms with Crippen molar-refractivity contribution in [1.29, 1.82) is 0 Å². The number of amides is 1. The van der Waals surface area contributed by atoms with Crippen molar-refractivity contribution in [3.63, 3.8) is 0 Å². The molecular weight excluding hydrogens is 490 g/mol. The van der Waals surface area contributed by atoms with E-state index >= 15 is 0 Å². The standard InChI is InChI=1S/C23H24Cl2F3N5O/c1-13-21(14(2)32(30-13)11-15-8-9-16(24)10-18(15)25)29-20(34)12-33-19-7-5-3-4-6-17(19)22(31-33)23(26,27)28/h8-10H,3-7,11-12H2,1-2H3,(H,29,34). The summed E-state index contributed by atoms with van der Waals surface area (Å²) in [6.07, 6.45) is -1.44. The van der Waals surface area contributed by atoms with Crippen molar-refractivity contribution in [3.05, 3.63) is 62.1 Å². The van der Waals surface area contributed by atoms with Gasteiger partial charge in [-0.3, -0.25) is 14.2 Å². The van der Waals surface area contributed by atoms with Gasteiger partial charge in [-0.05, 0) is 57.2 Å². The molecule has 2 aromatic heterocycles. The van der Waals surface area contributed by atoms with E-state index in [2.05, 4.69) is 15.5 Å². The van der Waals surface area contributed by atoms with Crippen molar-refractivity contribution in [2.45, 2.75) is 65.2 Å². The molecule has 0 radical (unpaired) electrons. The molecule has 182 valence electrons. The first kappa shape index (κ1) is 24.6. The van der Waals surface area contributed by atoms with Gasteiger partial charge in [0.05, 0.1) is 23.6 Å². The van der Waals surface area contributed by atoms with Gasteiger partial charge in [0, 0.05) is 21.3 Å². The topological polar surface area (TPSA) is 64.7 Å². The van der Waals surface area contributed by atoms with Crippen LogP contribution in [0.25, 0.3) is 0 Å². The minimum Gasteiger partial charge on any atom is -0.321 e. The number of anilines is 1. The second-order valence-electron chi connectivity index (χ2n) is 8.48. The number of benzene rings is 1. The third-order valence-corrected chi connectivity index (χ3v) is 6.64. The highest BCUT2D eigenvalue weighted by molar-refractivity contribution is 6.35. The lowest BCUT2D eigenvalue weighted by Gasteiger charge is -2.10. The molecule has 1 amide bonds. The molecule has 34 heavy (non-hydrogen) atoms. The highest BCUT2D eigenvalue weighted by Gasteiger charge is 2.39. The van der Waals surface area contributed by atoms with Crippen LogP contribution < -0.4 is 5.32 Å². The lowest BCUT2D eigenvalue weighted by atomic mass is 10.1. The number of nitrogens with zero attached hydrogens (tertiary/aromatic N) is 4. The first-order valence-electron chi connectivity index (χ1n) is 11.0. The van der Waals surface area contributed by atoms with Crippen molar-refractivity contribution in [3.8, 4) is 0 Å². The summed E-state index contributed by atoms with van der Waals surface area (Å²) in [7, 11) is 0. The maximum atomic E-state index is 13.5. The van der Waals surface area contributed by atoms with Crippen LogP contribution in [0.1, 0.15) is 53.2 Å². The average Bonchev–Trinajstić information content (AvgIpc) is 3.09. The molecule has 1 aliphatic carbocycles. The van der Waals surface area contributed by atoms with Crippen LogP contribution in [0.3, 0.4) is 0 Å². The van der Waals surface area contributed by atoms with Crippen LogP contribution in [0, 0.1) is 13.8 Å². The molecule has 0 aliphatic heterocycles. The Hall–Kier alpha value is -2.52. The molecule has 4 rings (SSSR count). The predicted molar refractivity (Wildman–Crippen MR) is 124 cm³/mol. The summed E-state index contributed by atoms with van der Waals surface area (Å²) in [5.41, 5.74) is 2.47. The second kappa shape index (κ2) is 9.62. The van der Waals surface area contributed by atoms with Gasteiger partial charge in [0.25, 0.3) is 0 Å². The Kier molecular flexibility index (Phi) is 6.96. The lowest BCUT2D eigenvalue weighted by molar-refractivity contribution is -0.142. The van der Waals surface area contributed by atoms with E-state index in [-0.39, 0.29) is 12.1 Å². The number of alkyl halides is 3. The third kappa shape index (κ3) is 5.10. The van der Waals surface area contributed by atoms with E-state index in [0.29, 0.717) is 58.6 Å². The van der Waals surface area contributed by atoms with Gasteiger partial charge in [-0.15, -0.1) is 0 Å². The van der Waals surface area contributed by atoms with Crippen molar-refractivity contribution in [1.82, 2.24) is 19.6 Å². The number of aryl methyl sites for hydroxylation is 1. The fourth-order valence-corrected chi connectivity index (χ4v) is 4.83. The summed E-state index contributed by atoms with van der Waals surface area (Å²) in [6.45, 7) is 3.64. The molecule has 0 atom stereocenters. The fraction of sp³-hybridized carbons (Fsp3) is 0.435. The molecule has 0 fully saturated rings. The Morgan fingerprint density at radius 3 is 2.53 bits per heavy atom. The van der Waals surface area contributed by atoms with Crippen molar-refractivity contribution < 1.29 is 18.0 Å². The molecule has 0 saturated carbocycles. The minimum absolute atomic E-state index is 0.220. The largest absolute Gasteiger partial charge is 0.435 e. The summed E-state index contributed by atoms with van der Waals surface area (Å²) in [4.78, 5) is 12.9. The van der Waals surface area contributed by atoms with Gasteiger partial charge < -0.3 is 5.32 Å². The van der Waals surface area contributed by atoms with E-state index in [1.54, 1.807) is 36.7 Å². The summed E-state index contributed by atoms with van der Waals surface area (Å²) in [5, 5.41) is 12.1. The Bertz CT molecular complexity index is 1230. The number of halogens is 5. The number of aromatic nitrogens is 4. The molecule has 1 aliphatic rings. The maximum Gasteiger partial charge on any atom is 0.435 e. The van der Waals surface area contributed by atoms with Crippen LogP contribution in [0.15, 0.2) is 18.2 Å². The molecule has 0 unspecified atom stereocenters. The molecule has 2 heterocycles. The number of rotatable bonds is 5. The van der Waals surface area contributed by atoms with E-state index in [4.69, 9.17) is 23.2 Å². The molecule has 0 saturated heterocycles. The molecule has 11 heteroatoms. The monoisotopic (exact) mass is 513 g/mol. The van der Waals surface area contributed by atoms with Crippen molar-refractivity contribution in [2.75, 3.05) is 5.32 Å². The maximum absolute atomic E-state index is 13.5. The number of carbonyl (C=O) groups excluding carboxylic acids is 1. The molecule has 1 N–H and O–H groups in total. The van der Waals surface area contributed by atoms with E-state index in [1.165, 1.54) is 4.68 Å². The highest BCUT2D eigenvalue weighted by atomic mass is 35.5. The summed E-state index contributed by atoms with van der Waals surface area (Å²) < 4.78 is 43.5. The van der Waals surface area contributed by atoms with Gasteiger partial charge in [-0.1, -0.05) is 35.7 Å².